The number of carbonyl (C=O) groups excluding carboxylic acids is 1. The lowest BCUT2D eigenvalue weighted by atomic mass is 10.1. The van der Waals surface area contributed by atoms with Gasteiger partial charge in [-0.3, -0.25) is 14.9 Å². The van der Waals surface area contributed by atoms with Crippen LogP contribution in [0, 0.1) is 6.92 Å². The molecule has 0 bridgehead atoms. The van der Waals surface area contributed by atoms with E-state index in [0.29, 0.717) is 12.1 Å². The summed E-state index contributed by atoms with van der Waals surface area (Å²) in [5.41, 5.74) is 1.75. The van der Waals surface area contributed by atoms with Gasteiger partial charge in [0.2, 0.25) is 5.91 Å². The fraction of sp³-hybridized carbons (Fsp3) is 0.467. The molecule has 1 amide bonds. The first-order valence-corrected chi connectivity index (χ1v) is 7.70. The summed E-state index contributed by atoms with van der Waals surface area (Å²) in [4.78, 5) is 23.2. The zero-order valence-electron chi connectivity index (χ0n) is 12.4. The minimum atomic E-state index is -0.937. The number of carboxylic acid groups (broad SMARTS) is 1. The van der Waals surface area contributed by atoms with Crippen LogP contribution < -0.4 is 10.6 Å². The van der Waals surface area contributed by atoms with Crippen LogP contribution in [0.25, 0.3) is 0 Å². The first-order valence-electron chi connectivity index (χ1n) is 6.91. The smallest absolute Gasteiger partial charge is 0.320 e. The minimum absolute atomic E-state index is 0.262. The maximum absolute atomic E-state index is 12.1. The molecule has 0 fully saturated rings. The summed E-state index contributed by atoms with van der Waals surface area (Å²) in [5.74, 6) is -1.20. The van der Waals surface area contributed by atoms with E-state index in [9.17, 15) is 9.59 Å². The third kappa shape index (κ3) is 5.47. The van der Waals surface area contributed by atoms with Crippen LogP contribution >= 0.6 is 15.9 Å². The largest absolute Gasteiger partial charge is 0.480 e. The van der Waals surface area contributed by atoms with Crippen molar-refractivity contribution >= 4 is 33.5 Å². The molecular formula is C15H21BrN2O3. The Kier molecular flexibility index (Phi) is 6.84. The number of carbonyl (C=O) groups is 2. The Hall–Kier alpha value is -1.40. The summed E-state index contributed by atoms with van der Waals surface area (Å²) < 4.78 is 0.798. The van der Waals surface area contributed by atoms with Crippen LogP contribution in [-0.4, -0.2) is 29.1 Å². The Morgan fingerprint density at radius 1 is 1.38 bits per heavy atom. The molecule has 1 aromatic rings. The molecule has 2 atom stereocenters. The number of aryl methyl sites for hydroxylation is 1. The van der Waals surface area contributed by atoms with Gasteiger partial charge >= 0.3 is 5.97 Å². The van der Waals surface area contributed by atoms with Gasteiger partial charge in [0.1, 0.15) is 6.04 Å². The molecule has 0 aliphatic heterocycles. The van der Waals surface area contributed by atoms with Crippen LogP contribution in [0.4, 0.5) is 5.69 Å². The Balaban J connectivity index is 2.67. The lowest BCUT2D eigenvalue weighted by Crippen LogP contribution is -2.47. The average molecular weight is 357 g/mol. The molecule has 1 aromatic carbocycles. The van der Waals surface area contributed by atoms with Crippen LogP contribution in [0.2, 0.25) is 0 Å². The van der Waals surface area contributed by atoms with Crippen LogP contribution in [0.5, 0.6) is 0 Å². The SMILES string of the molecule is CCCC(NC(C)C(=O)Nc1ccc(C)cc1Br)C(=O)O. The van der Waals surface area contributed by atoms with Gasteiger partial charge in [-0.05, 0) is 53.9 Å². The molecule has 0 radical (unpaired) electrons. The van der Waals surface area contributed by atoms with E-state index in [2.05, 4.69) is 26.6 Å². The van der Waals surface area contributed by atoms with Gasteiger partial charge in [-0.2, -0.15) is 0 Å². The highest BCUT2D eigenvalue weighted by atomic mass is 79.9. The fourth-order valence-electron chi connectivity index (χ4n) is 1.91. The number of anilines is 1. The minimum Gasteiger partial charge on any atom is -0.480 e. The number of hydrogen-bond donors (Lipinski definition) is 3. The molecule has 0 aliphatic rings. The van der Waals surface area contributed by atoms with Crippen LogP contribution in [0.1, 0.15) is 32.3 Å². The van der Waals surface area contributed by atoms with E-state index in [4.69, 9.17) is 5.11 Å². The number of amides is 1. The molecular weight excluding hydrogens is 336 g/mol. The van der Waals surface area contributed by atoms with Crippen molar-refractivity contribution in [1.82, 2.24) is 5.32 Å². The number of aliphatic carboxylic acids is 1. The molecule has 0 aliphatic carbocycles. The second kappa shape index (κ2) is 8.14. The van der Waals surface area contributed by atoms with E-state index in [1.165, 1.54) is 0 Å². The summed E-state index contributed by atoms with van der Waals surface area (Å²) in [5, 5.41) is 14.7. The van der Waals surface area contributed by atoms with Crippen LogP contribution in [-0.2, 0) is 9.59 Å². The molecule has 2 unspecified atom stereocenters. The molecule has 116 valence electrons. The molecule has 6 heteroatoms. The zero-order valence-corrected chi connectivity index (χ0v) is 14.0. The van der Waals surface area contributed by atoms with E-state index in [1.807, 2.05) is 32.0 Å². The summed E-state index contributed by atoms with van der Waals surface area (Å²) in [6.45, 7) is 5.53. The summed E-state index contributed by atoms with van der Waals surface area (Å²) in [6.07, 6.45) is 1.23. The highest BCUT2D eigenvalue weighted by Crippen LogP contribution is 2.23. The van der Waals surface area contributed by atoms with Gasteiger partial charge in [0.15, 0.2) is 0 Å². The van der Waals surface area contributed by atoms with E-state index < -0.39 is 18.1 Å². The van der Waals surface area contributed by atoms with Gasteiger partial charge in [0, 0.05) is 4.47 Å². The first kappa shape index (κ1) is 17.7. The maximum atomic E-state index is 12.1. The van der Waals surface area contributed by atoms with Crippen molar-refractivity contribution in [3.63, 3.8) is 0 Å². The van der Waals surface area contributed by atoms with Crippen molar-refractivity contribution in [2.45, 2.75) is 45.7 Å². The van der Waals surface area contributed by atoms with Gasteiger partial charge in [0.05, 0.1) is 11.7 Å². The molecule has 0 saturated carbocycles. The van der Waals surface area contributed by atoms with Gasteiger partial charge in [-0.1, -0.05) is 19.4 Å². The molecule has 0 heterocycles. The van der Waals surface area contributed by atoms with E-state index in [0.717, 1.165) is 16.5 Å². The first-order chi connectivity index (χ1) is 9.85. The van der Waals surface area contributed by atoms with Crippen molar-refractivity contribution in [2.75, 3.05) is 5.32 Å². The van der Waals surface area contributed by atoms with Crippen molar-refractivity contribution in [3.8, 4) is 0 Å². The summed E-state index contributed by atoms with van der Waals surface area (Å²) in [7, 11) is 0. The quantitative estimate of drug-likeness (QED) is 0.701. The highest BCUT2D eigenvalue weighted by Gasteiger charge is 2.22. The number of halogens is 1. The molecule has 0 aromatic heterocycles. The monoisotopic (exact) mass is 356 g/mol. The predicted molar refractivity (Wildman–Crippen MR) is 86.4 cm³/mol. The van der Waals surface area contributed by atoms with Gasteiger partial charge in [0.25, 0.3) is 0 Å². The van der Waals surface area contributed by atoms with Crippen LogP contribution in [0.3, 0.4) is 0 Å². The van der Waals surface area contributed by atoms with E-state index in [-0.39, 0.29) is 5.91 Å². The lowest BCUT2D eigenvalue weighted by molar-refractivity contribution is -0.140. The number of benzene rings is 1. The zero-order chi connectivity index (χ0) is 16.0. The molecule has 1 rings (SSSR count). The van der Waals surface area contributed by atoms with Gasteiger partial charge in [-0.25, -0.2) is 0 Å². The van der Waals surface area contributed by atoms with Gasteiger partial charge < -0.3 is 10.4 Å². The standard InChI is InChI=1S/C15H21BrN2O3/c1-4-5-13(15(20)21)17-10(3)14(19)18-12-7-6-9(2)8-11(12)16/h6-8,10,13,17H,4-5H2,1-3H3,(H,18,19)(H,20,21). The molecule has 5 nitrogen and oxygen atoms in total. The number of carboxylic acids is 1. The van der Waals surface area contributed by atoms with Crippen molar-refractivity contribution < 1.29 is 14.7 Å². The number of hydrogen-bond acceptors (Lipinski definition) is 3. The van der Waals surface area contributed by atoms with Crippen molar-refractivity contribution in [1.29, 1.82) is 0 Å². The Morgan fingerprint density at radius 3 is 2.57 bits per heavy atom. The number of nitrogens with one attached hydrogen (secondary N) is 2. The van der Waals surface area contributed by atoms with E-state index >= 15 is 0 Å². The third-order valence-electron chi connectivity index (χ3n) is 3.10. The molecule has 3 N–H and O–H groups in total. The summed E-state index contributed by atoms with van der Waals surface area (Å²) in [6, 6.07) is 4.31. The average Bonchev–Trinajstić information content (AvgIpc) is 2.41. The second-order valence-corrected chi connectivity index (χ2v) is 5.89. The van der Waals surface area contributed by atoms with Crippen molar-refractivity contribution in [3.05, 3.63) is 28.2 Å². The predicted octanol–water partition coefficient (Wildman–Crippen LogP) is 2.93. The second-order valence-electron chi connectivity index (χ2n) is 5.04. The Bertz CT molecular complexity index is 520. The normalized spacial score (nSPS) is 13.5. The van der Waals surface area contributed by atoms with Crippen molar-refractivity contribution in [2.24, 2.45) is 0 Å². The fourth-order valence-corrected chi connectivity index (χ4v) is 2.50. The Morgan fingerprint density at radius 2 is 2.05 bits per heavy atom. The molecule has 21 heavy (non-hydrogen) atoms. The Labute approximate surface area is 133 Å². The van der Waals surface area contributed by atoms with Crippen LogP contribution in [0.15, 0.2) is 22.7 Å². The third-order valence-corrected chi connectivity index (χ3v) is 3.76. The molecule has 0 saturated heterocycles. The van der Waals surface area contributed by atoms with Gasteiger partial charge in [-0.15, -0.1) is 0 Å². The topological polar surface area (TPSA) is 78.4 Å². The molecule has 0 spiro atoms. The number of rotatable bonds is 7. The summed E-state index contributed by atoms with van der Waals surface area (Å²) >= 11 is 3.39. The lowest BCUT2D eigenvalue weighted by Gasteiger charge is -2.19. The highest BCUT2D eigenvalue weighted by molar-refractivity contribution is 9.10. The van der Waals surface area contributed by atoms with E-state index in [1.54, 1.807) is 6.92 Å². The maximum Gasteiger partial charge on any atom is 0.320 e.